The van der Waals surface area contributed by atoms with Gasteiger partial charge in [-0.15, -0.1) is 0 Å². The molecule has 0 bridgehead atoms. The standard InChI is InChI=1S/C23H25N7O/c1-15-12-26-23(28-19-8-6-17(7-9-19)22(25)31)29-21(15)18-13-27-30(14-18)20(10-11-24)16-4-2-3-5-16/h6-9,12-14,16,20H,2-5,10H2,1H3,(H2,25,31)(H,26,28,29). The highest BCUT2D eigenvalue weighted by Gasteiger charge is 2.27. The maximum Gasteiger partial charge on any atom is 0.248 e. The van der Waals surface area contributed by atoms with Crippen LogP contribution in [0.15, 0.2) is 42.9 Å². The Kier molecular flexibility index (Phi) is 5.94. The molecular formula is C23H25N7O. The quantitative estimate of drug-likeness (QED) is 0.598. The van der Waals surface area contributed by atoms with Crippen LogP contribution in [0.4, 0.5) is 11.6 Å². The van der Waals surface area contributed by atoms with Gasteiger partial charge in [0.2, 0.25) is 11.9 Å². The normalized spacial score (nSPS) is 14.8. The van der Waals surface area contributed by atoms with Gasteiger partial charge in [-0.1, -0.05) is 12.8 Å². The summed E-state index contributed by atoms with van der Waals surface area (Å²) in [6.07, 6.45) is 10.8. The number of primary amides is 1. The predicted molar refractivity (Wildman–Crippen MR) is 117 cm³/mol. The molecule has 1 atom stereocenters. The second kappa shape index (κ2) is 8.96. The number of nitriles is 1. The Morgan fingerprint density at radius 3 is 2.71 bits per heavy atom. The number of amides is 1. The number of carbonyl (C=O) groups excluding carboxylic acids is 1. The van der Waals surface area contributed by atoms with Gasteiger partial charge in [0.1, 0.15) is 0 Å². The van der Waals surface area contributed by atoms with Crippen molar-refractivity contribution in [3.8, 4) is 17.3 Å². The number of rotatable bonds is 7. The average molecular weight is 416 g/mol. The van der Waals surface area contributed by atoms with Crippen molar-refractivity contribution in [1.29, 1.82) is 5.26 Å². The van der Waals surface area contributed by atoms with Crippen molar-refractivity contribution in [2.24, 2.45) is 11.7 Å². The lowest BCUT2D eigenvalue weighted by Crippen LogP contribution is -2.17. The van der Waals surface area contributed by atoms with Gasteiger partial charge in [-0.3, -0.25) is 9.48 Å². The van der Waals surface area contributed by atoms with Crippen LogP contribution >= 0.6 is 0 Å². The summed E-state index contributed by atoms with van der Waals surface area (Å²) in [4.78, 5) is 20.3. The maximum atomic E-state index is 11.2. The molecule has 0 aliphatic heterocycles. The van der Waals surface area contributed by atoms with Crippen LogP contribution in [0.2, 0.25) is 0 Å². The van der Waals surface area contributed by atoms with Gasteiger partial charge in [0, 0.05) is 29.2 Å². The maximum absolute atomic E-state index is 11.2. The van der Waals surface area contributed by atoms with E-state index in [1.807, 2.05) is 17.8 Å². The number of benzene rings is 1. The molecule has 3 aromatic rings. The Balaban J connectivity index is 1.57. The van der Waals surface area contributed by atoms with E-state index in [1.54, 1.807) is 36.7 Å². The van der Waals surface area contributed by atoms with Gasteiger partial charge in [-0.05, 0) is 55.5 Å². The van der Waals surface area contributed by atoms with Gasteiger partial charge in [0.15, 0.2) is 0 Å². The molecule has 0 saturated heterocycles. The van der Waals surface area contributed by atoms with Gasteiger partial charge in [0.05, 0.1) is 30.4 Å². The van der Waals surface area contributed by atoms with Gasteiger partial charge in [0.25, 0.3) is 0 Å². The topological polar surface area (TPSA) is 123 Å². The first-order chi connectivity index (χ1) is 15.0. The van der Waals surface area contributed by atoms with Crippen LogP contribution in [0, 0.1) is 24.2 Å². The number of nitrogens with zero attached hydrogens (tertiary/aromatic N) is 5. The molecular weight excluding hydrogens is 390 g/mol. The smallest absolute Gasteiger partial charge is 0.248 e. The SMILES string of the molecule is Cc1cnc(Nc2ccc(C(N)=O)cc2)nc1-c1cnn(C(CC#N)C2CCCC2)c1. The van der Waals surface area contributed by atoms with Crippen LogP contribution in [-0.4, -0.2) is 25.7 Å². The lowest BCUT2D eigenvalue weighted by molar-refractivity contribution is 0.100. The molecule has 1 aliphatic rings. The third-order valence-corrected chi connectivity index (χ3v) is 5.86. The van der Waals surface area contributed by atoms with Crippen LogP contribution in [0.1, 0.15) is 54.1 Å². The minimum absolute atomic E-state index is 0.102. The number of nitrogens with two attached hydrogens (primary N) is 1. The summed E-state index contributed by atoms with van der Waals surface area (Å²) < 4.78 is 1.94. The monoisotopic (exact) mass is 415 g/mol. The second-order valence-electron chi connectivity index (χ2n) is 7.97. The lowest BCUT2D eigenvalue weighted by atomic mass is 9.96. The summed E-state index contributed by atoms with van der Waals surface area (Å²) in [7, 11) is 0. The molecule has 0 radical (unpaired) electrons. The minimum Gasteiger partial charge on any atom is -0.366 e. The molecule has 1 unspecified atom stereocenters. The molecule has 2 aromatic heterocycles. The van der Waals surface area contributed by atoms with E-state index in [4.69, 9.17) is 5.73 Å². The first-order valence-electron chi connectivity index (χ1n) is 10.5. The molecule has 1 aromatic carbocycles. The van der Waals surface area contributed by atoms with E-state index in [1.165, 1.54) is 12.8 Å². The Hall–Kier alpha value is -3.73. The highest BCUT2D eigenvalue weighted by molar-refractivity contribution is 5.93. The van der Waals surface area contributed by atoms with Gasteiger partial charge in [-0.2, -0.15) is 10.4 Å². The first kappa shape index (κ1) is 20.5. The number of hydrogen-bond acceptors (Lipinski definition) is 6. The largest absolute Gasteiger partial charge is 0.366 e. The van der Waals surface area contributed by atoms with E-state index < -0.39 is 5.91 Å². The summed E-state index contributed by atoms with van der Waals surface area (Å²) in [6.45, 7) is 1.96. The van der Waals surface area contributed by atoms with Gasteiger partial charge >= 0.3 is 0 Å². The number of anilines is 2. The zero-order chi connectivity index (χ0) is 21.8. The number of carbonyl (C=O) groups is 1. The molecule has 8 heteroatoms. The summed E-state index contributed by atoms with van der Waals surface area (Å²) in [6, 6.07) is 9.26. The highest BCUT2D eigenvalue weighted by Crippen LogP contribution is 2.36. The van der Waals surface area contributed by atoms with Crippen molar-refractivity contribution in [3.63, 3.8) is 0 Å². The zero-order valence-electron chi connectivity index (χ0n) is 17.5. The summed E-state index contributed by atoms with van der Waals surface area (Å²) in [5.41, 5.74) is 9.11. The Bertz CT molecular complexity index is 1110. The third kappa shape index (κ3) is 4.56. The van der Waals surface area contributed by atoms with Crippen molar-refractivity contribution in [2.45, 2.75) is 45.1 Å². The number of aryl methyl sites for hydroxylation is 1. The number of nitrogens with one attached hydrogen (secondary N) is 1. The van der Waals surface area contributed by atoms with Crippen molar-refractivity contribution in [1.82, 2.24) is 19.7 Å². The van der Waals surface area contributed by atoms with Gasteiger partial charge in [-0.25, -0.2) is 9.97 Å². The van der Waals surface area contributed by atoms with E-state index in [-0.39, 0.29) is 6.04 Å². The Morgan fingerprint density at radius 1 is 1.29 bits per heavy atom. The predicted octanol–water partition coefficient (Wildman–Crippen LogP) is 4.14. The van der Waals surface area contributed by atoms with Crippen molar-refractivity contribution < 1.29 is 4.79 Å². The minimum atomic E-state index is -0.468. The molecule has 0 spiro atoms. The van der Waals surface area contributed by atoms with E-state index in [0.717, 1.165) is 35.3 Å². The Labute approximate surface area is 181 Å². The third-order valence-electron chi connectivity index (χ3n) is 5.86. The van der Waals surface area contributed by atoms with Crippen LogP contribution in [0.5, 0.6) is 0 Å². The van der Waals surface area contributed by atoms with Gasteiger partial charge < -0.3 is 11.1 Å². The van der Waals surface area contributed by atoms with Crippen molar-refractivity contribution in [2.75, 3.05) is 5.32 Å². The first-order valence-corrected chi connectivity index (χ1v) is 10.5. The molecule has 1 aliphatic carbocycles. The molecule has 3 N–H and O–H groups in total. The fourth-order valence-electron chi connectivity index (χ4n) is 4.20. The van der Waals surface area contributed by atoms with Crippen LogP contribution < -0.4 is 11.1 Å². The fraction of sp³-hybridized carbons (Fsp3) is 0.348. The molecule has 1 amide bonds. The molecule has 2 heterocycles. The molecule has 31 heavy (non-hydrogen) atoms. The van der Waals surface area contributed by atoms with E-state index in [9.17, 15) is 10.1 Å². The molecule has 158 valence electrons. The van der Waals surface area contributed by atoms with E-state index in [2.05, 4.69) is 26.5 Å². The molecule has 4 rings (SSSR count). The highest BCUT2D eigenvalue weighted by atomic mass is 16.1. The van der Waals surface area contributed by atoms with Crippen molar-refractivity contribution >= 4 is 17.5 Å². The van der Waals surface area contributed by atoms with Crippen molar-refractivity contribution in [3.05, 3.63) is 54.0 Å². The lowest BCUT2D eigenvalue weighted by Gasteiger charge is -2.21. The van der Waals surface area contributed by atoms with Crippen LogP contribution in [0.3, 0.4) is 0 Å². The number of hydrogen-bond donors (Lipinski definition) is 2. The summed E-state index contributed by atoms with van der Waals surface area (Å²) in [5.74, 6) is 0.480. The van der Waals surface area contributed by atoms with E-state index >= 15 is 0 Å². The molecule has 1 saturated carbocycles. The fourth-order valence-corrected chi connectivity index (χ4v) is 4.20. The average Bonchev–Trinajstić information content (AvgIpc) is 3.46. The van der Waals surface area contributed by atoms with Crippen LogP contribution in [-0.2, 0) is 0 Å². The molecule has 1 fully saturated rings. The summed E-state index contributed by atoms with van der Waals surface area (Å²) in [5, 5.41) is 17.0. The summed E-state index contributed by atoms with van der Waals surface area (Å²) >= 11 is 0. The zero-order valence-corrected chi connectivity index (χ0v) is 17.5. The molecule has 8 nitrogen and oxygen atoms in total. The Morgan fingerprint density at radius 2 is 2.03 bits per heavy atom. The number of aromatic nitrogens is 4. The second-order valence-corrected chi connectivity index (χ2v) is 7.97. The van der Waals surface area contributed by atoms with Crippen LogP contribution in [0.25, 0.3) is 11.3 Å². The van der Waals surface area contributed by atoms with E-state index in [0.29, 0.717) is 23.9 Å².